The molecule has 0 radical (unpaired) electrons. The third-order valence-electron chi connectivity index (χ3n) is 3.18. The van der Waals surface area contributed by atoms with E-state index in [2.05, 4.69) is 18.7 Å². The Bertz CT molecular complexity index is 523. The normalized spacial score (nSPS) is 23.2. The molecule has 0 spiro atoms. The SMILES string of the molecule is CC1CN(c2cccc(Cl)c2C=CC(=O)O)CC(C)S1. The minimum Gasteiger partial charge on any atom is -0.478 e. The first-order valence-electron chi connectivity index (χ1n) is 6.57. The quantitative estimate of drug-likeness (QED) is 0.863. The van der Waals surface area contributed by atoms with Gasteiger partial charge in [-0.3, -0.25) is 0 Å². The number of rotatable bonds is 3. The van der Waals surface area contributed by atoms with Crippen molar-refractivity contribution in [2.45, 2.75) is 24.3 Å². The van der Waals surface area contributed by atoms with Crippen molar-refractivity contribution in [1.29, 1.82) is 0 Å². The fourth-order valence-corrected chi connectivity index (χ4v) is 4.05. The number of aliphatic carboxylic acids is 1. The first-order chi connectivity index (χ1) is 9.47. The molecular formula is C15H18ClNO2S. The molecule has 0 amide bonds. The first-order valence-corrected chi connectivity index (χ1v) is 7.89. The van der Waals surface area contributed by atoms with E-state index in [1.807, 2.05) is 23.9 Å². The Balaban J connectivity index is 2.35. The van der Waals surface area contributed by atoms with Gasteiger partial charge in [-0.25, -0.2) is 4.79 Å². The highest BCUT2D eigenvalue weighted by Gasteiger charge is 2.24. The molecule has 1 aromatic carbocycles. The van der Waals surface area contributed by atoms with Crippen LogP contribution >= 0.6 is 23.4 Å². The third-order valence-corrected chi connectivity index (χ3v) is 4.74. The fraction of sp³-hybridized carbons (Fsp3) is 0.400. The number of nitrogens with zero attached hydrogens (tertiary/aromatic N) is 1. The van der Waals surface area contributed by atoms with Gasteiger partial charge in [0.05, 0.1) is 0 Å². The van der Waals surface area contributed by atoms with Crippen LogP contribution in [-0.2, 0) is 4.79 Å². The van der Waals surface area contributed by atoms with E-state index in [1.54, 1.807) is 12.1 Å². The van der Waals surface area contributed by atoms with E-state index in [0.29, 0.717) is 15.5 Å². The standard InChI is InChI=1S/C15H18ClNO2S/c1-10-8-17(9-11(2)20-10)14-5-3-4-13(16)12(14)6-7-15(18)19/h3-7,10-11H,8-9H2,1-2H3,(H,18,19). The van der Waals surface area contributed by atoms with Gasteiger partial charge in [-0.15, -0.1) is 0 Å². The average Bonchev–Trinajstić information content (AvgIpc) is 2.35. The Morgan fingerprint density at radius 1 is 1.40 bits per heavy atom. The molecule has 1 fully saturated rings. The smallest absolute Gasteiger partial charge is 0.328 e. The summed E-state index contributed by atoms with van der Waals surface area (Å²) in [6, 6.07) is 5.70. The van der Waals surface area contributed by atoms with E-state index >= 15 is 0 Å². The van der Waals surface area contributed by atoms with Crippen LogP contribution in [0.1, 0.15) is 19.4 Å². The fourth-order valence-electron chi connectivity index (χ4n) is 2.50. The largest absolute Gasteiger partial charge is 0.478 e. The van der Waals surface area contributed by atoms with Gasteiger partial charge in [0.15, 0.2) is 0 Å². The maximum atomic E-state index is 10.7. The van der Waals surface area contributed by atoms with Crippen LogP contribution < -0.4 is 4.90 Å². The van der Waals surface area contributed by atoms with Crippen LogP contribution in [-0.4, -0.2) is 34.7 Å². The molecule has 2 atom stereocenters. The van der Waals surface area contributed by atoms with E-state index < -0.39 is 5.97 Å². The maximum Gasteiger partial charge on any atom is 0.328 e. The molecule has 0 aromatic heterocycles. The summed E-state index contributed by atoms with van der Waals surface area (Å²) in [5.74, 6) is -0.966. The highest BCUT2D eigenvalue weighted by Crippen LogP contribution is 2.34. The van der Waals surface area contributed by atoms with Crippen LogP contribution in [0.25, 0.3) is 6.08 Å². The number of halogens is 1. The van der Waals surface area contributed by atoms with Crippen molar-refractivity contribution in [3.05, 3.63) is 34.9 Å². The van der Waals surface area contributed by atoms with Crippen molar-refractivity contribution >= 4 is 41.1 Å². The van der Waals surface area contributed by atoms with Crippen LogP contribution in [0.2, 0.25) is 5.02 Å². The second-order valence-corrected chi connectivity index (χ2v) is 7.30. The van der Waals surface area contributed by atoms with E-state index in [1.165, 1.54) is 0 Å². The summed E-state index contributed by atoms with van der Waals surface area (Å²) in [6.07, 6.45) is 2.72. The highest BCUT2D eigenvalue weighted by atomic mass is 35.5. The van der Waals surface area contributed by atoms with Gasteiger partial charge in [0.1, 0.15) is 0 Å². The van der Waals surface area contributed by atoms with Crippen molar-refractivity contribution in [3.8, 4) is 0 Å². The molecule has 0 aliphatic carbocycles. The lowest BCUT2D eigenvalue weighted by atomic mass is 10.1. The molecule has 1 aromatic rings. The zero-order valence-electron chi connectivity index (χ0n) is 11.5. The number of thioether (sulfide) groups is 1. The van der Waals surface area contributed by atoms with Crippen molar-refractivity contribution in [2.24, 2.45) is 0 Å². The molecule has 108 valence electrons. The van der Waals surface area contributed by atoms with Gasteiger partial charge in [0.25, 0.3) is 0 Å². The average molecular weight is 312 g/mol. The third kappa shape index (κ3) is 3.70. The first kappa shape index (κ1) is 15.3. The van der Waals surface area contributed by atoms with Crippen LogP contribution in [0.3, 0.4) is 0 Å². The minimum absolute atomic E-state index is 0.550. The summed E-state index contributed by atoms with van der Waals surface area (Å²) in [4.78, 5) is 13.0. The number of carbonyl (C=O) groups is 1. The molecule has 1 N–H and O–H groups in total. The molecular weight excluding hydrogens is 294 g/mol. The van der Waals surface area contributed by atoms with E-state index in [4.69, 9.17) is 16.7 Å². The van der Waals surface area contributed by atoms with Crippen LogP contribution in [0.4, 0.5) is 5.69 Å². The predicted octanol–water partition coefficient (Wildman–Crippen LogP) is 3.77. The Hall–Kier alpha value is -1.13. The summed E-state index contributed by atoms with van der Waals surface area (Å²) in [6.45, 7) is 6.32. The van der Waals surface area contributed by atoms with E-state index in [9.17, 15) is 4.79 Å². The molecule has 20 heavy (non-hydrogen) atoms. The van der Waals surface area contributed by atoms with Crippen molar-refractivity contribution in [3.63, 3.8) is 0 Å². The molecule has 3 nitrogen and oxygen atoms in total. The van der Waals surface area contributed by atoms with Crippen molar-refractivity contribution in [1.82, 2.24) is 0 Å². The monoisotopic (exact) mass is 311 g/mol. The van der Waals surface area contributed by atoms with Crippen molar-refractivity contribution < 1.29 is 9.90 Å². The van der Waals surface area contributed by atoms with Gasteiger partial charge in [0.2, 0.25) is 0 Å². The summed E-state index contributed by atoms with van der Waals surface area (Å²) < 4.78 is 0. The molecule has 1 aliphatic heterocycles. The minimum atomic E-state index is -0.966. The Kier molecular flexibility index (Phi) is 5.00. The molecule has 0 bridgehead atoms. The van der Waals surface area contributed by atoms with Crippen LogP contribution in [0, 0.1) is 0 Å². The molecule has 1 saturated heterocycles. The number of carboxylic acids is 1. The van der Waals surface area contributed by atoms with Crippen molar-refractivity contribution in [2.75, 3.05) is 18.0 Å². The Morgan fingerprint density at radius 2 is 2.05 bits per heavy atom. The van der Waals surface area contributed by atoms with E-state index in [0.717, 1.165) is 30.4 Å². The molecule has 2 unspecified atom stereocenters. The lowest BCUT2D eigenvalue weighted by Gasteiger charge is -2.37. The number of carboxylic acid groups (broad SMARTS) is 1. The molecule has 0 saturated carbocycles. The number of hydrogen-bond acceptors (Lipinski definition) is 3. The second-order valence-electron chi connectivity index (χ2n) is 5.01. The van der Waals surface area contributed by atoms with Gasteiger partial charge in [-0.1, -0.05) is 31.5 Å². The van der Waals surface area contributed by atoms with E-state index in [-0.39, 0.29) is 0 Å². The summed E-state index contributed by atoms with van der Waals surface area (Å²) in [5, 5.41) is 10.5. The zero-order chi connectivity index (χ0) is 14.7. The topological polar surface area (TPSA) is 40.5 Å². The molecule has 1 heterocycles. The van der Waals surface area contributed by atoms with Crippen LogP contribution in [0.5, 0.6) is 0 Å². The molecule has 2 rings (SSSR count). The Morgan fingerprint density at radius 3 is 2.65 bits per heavy atom. The number of anilines is 1. The summed E-state index contributed by atoms with van der Waals surface area (Å²) >= 11 is 8.21. The van der Waals surface area contributed by atoms with Gasteiger partial charge >= 0.3 is 5.97 Å². The zero-order valence-corrected chi connectivity index (χ0v) is 13.1. The predicted molar refractivity (Wildman–Crippen MR) is 86.8 cm³/mol. The highest BCUT2D eigenvalue weighted by molar-refractivity contribution is 8.00. The van der Waals surface area contributed by atoms with Gasteiger partial charge in [-0.2, -0.15) is 11.8 Å². The number of benzene rings is 1. The van der Waals surface area contributed by atoms with Gasteiger partial charge < -0.3 is 10.0 Å². The molecule has 1 aliphatic rings. The lowest BCUT2D eigenvalue weighted by molar-refractivity contribution is -0.131. The summed E-state index contributed by atoms with van der Waals surface area (Å²) in [5.41, 5.74) is 1.79. The van der Waals surface area contributed by atoms with Crippen LogP contribution in [0.15, 0.2) is 24.3 Å². The molecule has 5 heteroatoms. The maximum absolute atomic E-state index is 10.7. The number of hydrogen-bond donors (Lipinski definition) is 1. The van der Waals surface area contributed by atoms with Gasteiger partial charge in [0, 0.05) is 45.9 Å². The second kappa shape index (κ2) is 6.55. The Labute approximate surface area is 128 Å². The lowest BCUT2D eigenvalue weighted by Crippen LogP contribution is -2.40. The summed E-state index contributed by atoms with van der Waals surface area (Å²) in [7, 11) is 0. The van der Waals surface area contributed by atoms with Gasteiger partial charge in [-0.05, 0) is 18.2 Å².